The average molecular weight is 419 g/mol. The Morgan fingerprint density at radius 2 is 1.53 bits per heavy atom. The van der Waals surface area contributed by atoms with Crippen LogP contribution in [0.4, 0.5) is 5.69 Å². The predicted octanol–water partition coefficient (Wildman–Crippen LogP) is 5.15. The first-order chi connectivity index (χ1) is 14.5. The molecule has 0 bridgehead atoms. The van der Waals surface area contributed by atoms with Crippen LogP contribution in [0.15, 0.2) is 83.8 Å². The number of rotatable bonds is 8. The van der Waals surface area contributed by atoms with Crippen molar-refractivity contribution in [2.75, 3.05) is 11.1 Å². The largest absolute Gasteiger partial charge is 0.353 e. The smallest absolute Gasteiger partial charge is 0.256 e. The third-order valence-electron chi connectivity index (χ3n) is 4.44. The van der Waals surface area contributed by atoms with Gasteiger partial charge in [0, 0.05) is 16.6 Å². The quantitative estimate of drug-likeness (QED) is 0.498. The van der Waals surface area contributed by atoms with E-state index in [-0.39, 0.29) is 23.6 Å². The van der Waals surface area contributed by atoms with Gasteiger partial charge in [0.15, 0.2) is 0 Å². The van der Waals surface area contributed by atoms with Crippen molar-refractivity contribution in [3.05, 3.63) is 95.6 Å². The molecule has 0 atom stereocenters. The minimum Gasteiger partial charge on any atom is -0.353 e. The Hall–Kier alpha value is -3.05. The third-order valence-corrected chi connectivity index (χ3v) is 5.52. The highest BCUT2D eigenvalue weighted by Gasteiger charge is 2.15. The van der Waals surface area contributed by atoms with E-state index in [1.54, 1.807) is 6.07 Å². The number of benzene rings is 3. The van der Waals surface area contributed by atoms with Crippen LogP contribution in [0.3, 0.4) is 0 Å². The molecular formula is C25H26N2O2S. The van der Waals surface area contributed by atoms with Crippen LogP contribution in [0, 0.1) is 0 Å². The van der Waals surface area contributed by atoms with Crippen LogP contribution in [0.2, 0.25) is 0 Å². The number of thioether (sulfide) groups is 1. The number of anilines is 1. The predicted molar refractivity (Wildman–Crippen MR) is 124 cm³/mol. The summed E-state index contributed by atoms with van der Waals surface area (Å²) in [5.41, 5.74) is 3.60. The summed E-state index contributed by atoms with van der Waals surface area (Å²) in [6, 6.07) is 25.5. The van der Waals surface area contributed by atoms with Gasteiger partial charge in [-0.1, -0.05) is 60.7 Å². The van der Waals surface area contributed by atoms with E-state index in [1.807, 2.05) is 74.5 Å². The lowest BCUT2D eigenvalue weighted by Gasteiger charge is -2.14. The van der Waals surface area contributed by atoms with Gasteiger partial charge in [-0.25, -0.2) is 0 Å². The van der Waals surface area contributed by atoms with Crippen molar-refractivity contribution in [1.29, 1.82) is 0 Å². The number of carbonyl (C=O) groups excluding carboxylic acids is 2. The summed E-state index contributed by atoms with van der Waals surface area (Å²) in [6.07, 6.45) is 0.739. The molecule has 5 heteroatoms. The van der Waals surface area contributed by atoms with Crippen LogP contribution >= 0.6 is 11.8 Å². The highest BCUT2D eigenvalue weighted by Crippen LogP contribution is 2.25. The SMILES string of the molecule is CC(C)NC(=O)CSc1ccccc1C(=O)Nc1ccccc1Cc1ccccc1. The zero-order chi connectivity index (χ0) is 21.3. The van der Waals surface area contributed by atoms with Crippen molar-refractivity contribution < 1.29 is 9.59 Å². The highest BCUT2D eigenvalue weighted by molar-refractivity contribution is 8.00. The van der Waals surface area contributed by atoms with E-state index >= 15 is 0 Å². The Balaban J connectivity index is 1.73. The van der Waals surface area contributed by atoms with Gasteiger partial charge in [-0.15, -0.1) is 11.8 Å². The second-order valence-corrected chi connectivity index (χ2v) is 8.30. The molecule has 154 valence electrons. The molecule has 0 radical (unpaired) electrons. The summed E-state index contributed by atoms with van der Waals surface area (Å²) in [7, 11) is 0. The first-order valence-corrected chi connectivity index (χ1v) is 11.0. The highest BCUT2D eigenvalue weighted by atomic mass is 32.2. The van der Waals surface area contributed by atoms with Crippen LogP contribution in [0.1, 0.15) is 35.3 Å². The average Bonchev–Trinajstić information content (AvgIpc) is 2.74. The van der Waals surface area contributed by atoms with Crippen molar-refractivity contribution in [3.8, 4) is 0 Å². The van der Waals surface area contributed by atoms with Crippen molar-refractivity contribution in [2.45, 2.75) is 31.2 Å². The Kier molecular flexibility index (Phi) is 7.69. The van der Waals surface area contributed by atoms with Gasteiger partial charge in [-0.05, 0) is 49.6 Å². The molecule has 2 N–H and O–H groups in total. The van der Waals surface area contributed by atoms with Gasteiger partial charge in [-0.3, -0.25) is 9.59 Å². The lowest BCUT2D eigenvalue weighted by molar-refractivity contribution is -0.119. The van der Waals surface area contributed by atoms with Gasteiger partial charge >= 0.3 is 0 Å². The lowest BCUT2D eigenvalue weighted by Crippen LogP contribution is -2.31. The molecule has 0 saturated heterocycles. The van der Waals surface area contributed by atoms with E-state index in [2.05, 4.69) is 22.8 Å². The van der Waals surface area contributed by atoms with Crippen LogP contribution < -0.4 is 10.6 Å². The van der Waals surface area contributed by atoms with Gasteiger partial charge in [0.2, 0.25) is 5.91 Å². The fourth-order valence-corrected chi connectivity index (χ4v) is 3.95. The van der Waals surface area contributed by atoms with Crippen molar-refractivity contribution >= 4 is 29.3 Å². The fraction of sp³-hybridized carbons (Fsp3) is 0.200. The Bertz CT molecular complexity index is 1000. The monoisotopic (exact) mass is 418 g/mol. The second kappa shape index (κ2) is 10.6. The molecule has 0 aliphatic heterocycles. The minimum absolute atomic E-state index is 0.0431. The van der Waals surface area contributed by atoms with Crippen LogP contribution in [0.5, 0.6) is 0 Å². The standard InChI is InChI=1S/C25H26N2O2S/c1-18(2)26-24(28)17-30-23-15-9-7-13-21(23)25(29)27-22-14-8-6-12-20(22)16-19-10-4-3-5-11-19/h3-15,18H,16-17H2,1-2H3,(H,26,28)(H,27,29). The van der Waals surface area contributed by atoms with Crippen molar-refractivity contribution in [3.63, 3.8) is 0 Å². The van der Waals surface area contributed by atoms with E-state index in [9.17, 15) is 9.59 Å². The molecule has 4 nitrogen and oxygen atoms in total. The molecular weight excluding hydrogens is 392 g/mol. The molecule has 0 unspecified atom stereocenters. The lowest BCUT2D eigenvalue weighted by atomic mass is 10.0. The van der Waals surface area contributed by atoms with Crippen LogP contribution in [-0.4, -0.2) is 23.6 Å². The number of amides is 2. The fourth-order valence-electron chi connectivity index (χ4n) is 3.09. The minimum atomic E-state index is -0.178. The summed E-state index contributed by atoms with van der Waals surface area (Å²) in [5.74, 6) is 0.0499. The first-order valence-electron chi connectivity index (χ1n) is 9.97. The third kappa shape index (κ3) is 6.22. The summed E-state index contributed by atoms with van der Waals surface area (Å²) in [5, 5.41) is 5.93. The molecule has 0 aliphatic rings. The van der Waals surface area contributed by atoms with Gasteiger partial charge < -0.3 is 10.6 Å². The molecule has 0 heterocycles. The number of hydrogen-bond acceptors (Lipinski definition) is 3. The molecule has 0 aliphatic carbocycles. The number of para-hydroxylation sites is 1. The Morgan fingerprint density at radius 3 is 2.30 bits per heavy atom. The van der Waals surface area contributed by atoms with Crippen molar-refractivity contribution in [2.24, 2.45) is 0 Å². The molecule has 30 heavy (non-hydrogen) atoms. The first kappa shape index (κ1) is 21.7. The maximum Gasteiger partial charge on any atom is 0.256 e. The molecule has 3 aromatic rings. The van der Waals surface area contributed by atoms with E-state index in [4.69, 9.17) is 0 Å². The molecule has 0 fully saturated rings. The van der Waals surface area contributed by atoms with E-state index in [1.165, 1.54) is 17.3 Å². The van der Waals surface area contributed by atoms with Gasteiger partial charge in [0.25, 0.3) is 5.91 Å². The maximum atomic E-state index is 13.0. The Morgan fingerprint density at radius 1 is 0.867 bits per heavy atom. The number of hydrogen-bond donors (Lipinski definition) is 2. The maximum absolute atomic E-state index is 13.0. The zero-order valence-corrected chi connectivity index (χ0v) is 18.0. The summed E-state index contributed by atoms with van der Waals surface area (Å²) in [6.45, 7) is 3.85. The number of nitrogens with one attached hydrogen (secondary N) is 2. The van der Waals surface area contributed by atoms with Gasteiger partial charge in [-0.2, -0.15) is 0 Å². The molecule has 3 aromatic carbocycles. The second-order valence-electron chi connectivity index (χ2n) is 7.28. The molecule has 3 rings (SSSR count). The molecule has 2 amide bonds. The summed E-state index contributed by atoms with van der Waals surface area (Å²) >= 11 is 1.37. The van der Waals surface area contributed by atoms with E-state index in [0.29, 0.717) is 5.56 Å². The number of carbonyl (C=O) groups is 2. The summed E-state index contributed by atoms with van der Waals surface area (Å²) < 4.78 is 0. The Labute approximate surface area is 182 Å². The normalized spacial score (nSPS) is 10.6. The molecule has 0 aromatic heterocycles. The van der Waals surface area contributed by atoms with Gasteiger partial charge in [0.05, 0.1) is 11.3 Å². The molecule has 0 spiro atoms. The topological polar surface area (TPSA) is 58.2 Å². The van der Waals surface area contributed by atoms with Crippen LogP contribution in [-0.2, 0) is 11.2 Å². The van der Waals surface area contributed by atoms with E-state index in [0.717, 1.165) is 22.6 Å². The molecule has 0 saturated carbocycles. The van der Waals surface area contributed by atoms with Crippen LogP contribution in [0.25, 0.3) is 0 Å². The zero-order valence-electron chi connectivity index (χ0n) is 17.2. The van der Waals surface area contributed by atoms with E-state index < -0.39 is 0 Å². The van der Waals surface area contributed by atoms with Crippen molar-refractivity contribution in [1.82, 2.24) is 5.32 Å². The summed E-state index contributed by atoms with van der Waals surface area (Å²) in [4.78, 5) is 25.8. The van der Waals surface area contributed by atoms with Gasteiger partial charge in [0.1, 0.15) is 0 Å².